The van der Waals surface area contributed by atoms with Gasteiger partial charge < -0.3 is 9.80 Å². The molecule has 2 fully saturated rings. The van der Waals surface area contributed by atoms with Crippen molar-refractivity contribution in [2.45, 2.75) is 70.1 Å². The van der Waals surface area contributed by atoms with Crippen LogP contribution in [0.3, 0.4) is 0 Å². The van der Waals surface area contributed by atoms with E-state index in [4.69, 9.17) is 4.98 Å². The first-order chi connectivity index (χ1) is 16.7. The molecule has 6 heteroatoms. The number of hydrogen-bond acceptors (Lipinski definition) is 4. The van der Waals surface area contributed by atoms with Gasteiger partial charge >= 0.3 is 0 Å². The molecule has 2 amide bonds. The first kappa shape index (κ1) is 23.3. The number of benzene rings is 1. The Bertz CT molecular complexity index is 1040. The van der Waals surface area contributed by atoms with Gasteiger partial charge in [0.1, 0.15) is 5.69 Å². The Morgan fingerprint density at radius 3 is 2.56 bits per heavy atom. The molecule has 2 saturated heterocycles. The zero-order chi connectivity index (χ0) is 23.5. The molecule has 2 atom stereocenters. The van der Waals surface area contributed by atoms with Gasteiger partial charge in [0, 0.05) is 36.6 Å². The van der Waals surface area contributed by atoms with Crippen LogP contribution in [0.25, 0.3) is 0 Å². The highest BCUT2D eigenvalue weighted by atomic mass is 32.1. The molecule has 5 nitrogen and oxygen atoms in total. The monoisotopic (exact) mass is 477 g/mol. The Balaban J connectivity index is 1.21. The predicted molar refractivity (Wildman–Crippen MR) is 136 cm³/mol. The highest BCUT2D eigenvalue weighted by molar-refractivity contribution is 7.09. The number of amides is 2. The lowest BCUT2D eigenvalue weighted by Crippen LogP contribution is -2.40. The molecular formula is C28H35N3O2S. The number of rotatable bonds is 5. The number of allylic oxidation sites excluding steroid dienone is 2. The van der Waals surface area contributed by atoms with Crippen molar-refractivity contribution in [2.75, 3.05) is 19.6 Å². The van der Waals surface area contributed by atoms with Crippen LogP contribution >= 0.6 is 11.3 Å². The molecule has 180 valence electrons. The van der Waals surface area contributed by atoms with Gasteiger partial charge in [-0.05, 0) is 62.8 Å². The van der Waals surface area contributed by atoms with Crippen LogP contribution in [0.2, 0.25) is 0 Å². The number of fused-ring (bicyclic) bond motifs is 1. The van der Waals surface area contributed by atoms with Crippen molar-refractivity contribution in [1.82, 2.24) is 14.8 Å². The van der Waals surface area contributed by atoms with Gasteiger partial charge in [-0.2, -0.15) is 0 Å². The average Bonchev–Trinajstić information content (AvgIpc) is 3.39. The SMILES string of the molecule is CCC(C(=O)N1CCC(c2nc(C(=O)N3CCCC4CCCC=C43)cs2)CC1)c1ccccc1. The van der Waals surface area contributed by atoms with Gasteiger partial charge in [-0.3, -0.25) is 9.59 Å². The summed E-state index contributed by atoms with van der Waals surface area (Å²) in [6.45, 7) is 4.42. The van der Waals surface area contributed by atoms with Crippen LogP contribution in [0, 0.1) is 5.92 Å². The molecule has 0 saturated carbocycles. The van der Waals surface area contributed by atoms with E-state index in [1.807, 2.05) is 33.4 Å². The molecule has 0 N–H and O–H groups in total. The largest absolute Gasteiger partial charge is 0.342 e. The normalized spacial score (nSPS) is 22.1. The fourth-order valence-corrected chi connectivity index (χ4v) is 6.88. The van der Waals surface area contributed by atoms with Gasteiger partial charge in [-0.25, -0.2) is 4.98 Å². The molecular weight excluding hydrogens is 442 g/mol. The number of likely N-dealkylation sites (tertiary alicyclic amines) is 2. The van der Waals surface area contributed by atoms with E-state index >= 15 is 0 Å². The van der Waals surface area contributed by atoms with E-state index < -0.39 is 0 Å². The van der Waals surface area contributed by atoms with Crippen molar-refractivity contribution in [3.63, 3.8) is 0 Å². The van der Waals surface area contributed by atoms with Crippen molar-refractivity contribution in [1.29, 1.82) is 0 Å². The Kier molecular flexibility index (Phi) is 7.14. The first-order valence-electron chi connectivity index (χ1n) is 13.0. The second kappa shape index (κ2) is 10.4. The molecule has 2 aliphatic heterocycles. The summed E-state index contributed by atoms with van der Waals surface area (Å²) in [5, 5.41) is 3.00. The predicted octanol–water partition coefficient (Wildman–Crippen LogP) is 5.96. The summed E-state index contributed by atoms with van der Waals surface area (Å²) < 4.78 is 0. The number of hydrogen-bond donors (Lipinski definition) is 0. The topological polar surface area (TPSA) is 53.5 Å². The molecule has 0 bridgehead atoms. The summed E-state index contributed by atoms with van der Waals surface area (Å²) in [6, 6.07) is 10.1. The molecule has 3 aliphatic rings. The smallest absolute Gasteiger partial charge is 0.277 e. The van der Waals surface area contributed by atoms with Crippen LogP contribution in [0.4, 0.5) is 0 Å². The van der Waals surface area contributed by atoms with Crippen LogP contribution in [0.1, 0.15) is 91.2 Å². The van der Waals surface area contributed by atoms with Crippen LogP contribution in [0.5, 0.6) is 0 Å². The molecule has 1 aromatic heterocycles. The first-order valence-corrected chi connectivity index (χ1v) is 13.8. The molecule has 5 rings (SSSR count). The zero-order valence-corrected chi connectivity index (χ0v) is 20.9. The molecule has 0 radical (unpaired) electrons. The van der Waals surface area contributed by atoms with Crippen LogP contribution < -0.4 is 0 Å². The summed E-state index contributed by atoms with van der Waals surface area (Å²) in [5.74, 6) is 1.12. The lowest BCUT2D eigenvalue weighted by molar-refractivity contribution is -0.134. The number of piperidine rings is 2. The van der Waals surface area contributed by atoms with E-state index in [9.17, 15) is 9.59 Å². The third-order valence-electron chi connectivity index (χ3n) is 7.82. The molecule has 2 unspecified atom stereocenters. The van der Waals surface area contributed by atoms with Gasteiger partial charge in [0.2, 0.25) is 5.91 Å². The second-order valence-corrected chi connectivity index (χ2v) is 10.8. The van der Waals surface area contributed by atoms with Crippen LogP contribution in [-0.2, 0) is 4.79 Å². The summed E-state index contributed by atoms with van der Waals surface area (Å²) in [4.78, 5) is 35.4. The molecule has 1 aliphatic carbocycles. The molecule has 1 aromatic carbocycles. The molecule has 34 heavy (non-hydrogen) atoms. The Morgan fingerprint density at radius 1 is 1.03 bits per heavy atom. The second-order valence-electron chi connectivity index (χ2n) is 9.90. The maximum absolute atomic E-state index is 13.3. The van der Waals surface area contributed by atoms with Crippen LogP contribution in [-0.4, -0.2) is 46.2 Å². The van der Waals surface area contributed by atoms with E-state index in [1.54, 1.807) is 11.3 Å². The minimum Gasteiger partial charge on any atom is -0.342 e. The number of carbonyl (C=O) groups is 2. The maximum Gasteiger partial charge on any atom is 0.277 e. The summed E-state index contributed by atoms with van der Waals surface area (Å²) >= 11 is 1.61. The fourth-order valence-electron chi connectivity index (χ4n) is 5.91. The highest BCUT2D eigenvalue weighted by Crippen LogP contribution is 2.37. The average molecular weight is 478 g/mol. The van der Waals surface area contributed by atoms with Gasteiger partial charge in [0.05, 0.1) is 10.9 Å². The van der Waals surface area contributed by atoms with Crippen molar-refractivity contribution >= 4 is 23.2 Å². The number of aromatic nitrogens is 1. The van der Waals surface area contributed by atoms with Gasteiger partial charge in [-0.15, -0.1) is 11.3 Å². The van der Waals surface area contributed by atoms with Crippen molar-refractivity contribution in [3.8, 4) is 0 Å². The van der Waals surface area contributed by atoms with E-state index in [1.165, 1.54) is 25.0 Å². The van der Waals surface area contributed by atoms with Gasteiger partial charge in [0.25, 0.3) is 5.91 Å². The van der Waals surface area contributed by atoms with E-state index in [-0.39, 0.29) is 17.7 Å². The molecule has 2 aromatic rings. The van der Waals surface area contributed by atoms with Crippen LogP contribution in [0.15, 0.2) is 47.5 Å². The summed E-state index contributed by atoms with van der Waals surface area (Å²) in [7, 11) is 0. The third kappa shape index (κ3) is 4.70. The Morgan fingerprint density at radius 2 is 1.79 bits per heavy atom. The third-order valence-corrected chi connectivity index (χ3v) is 8.83. The van der Waals surface area contributed by atoms with Gasteiger partial charge in [0.15, 0.2) is 0 Å². The van der Waals surface area contributed by atoms with Gasteiger partial charge in [-0.1, -0.05) is 43.3 Å². The Labute approximate surface area is 206 Å². The number of carbonyl (C=O) groups excluding carboxylic acids is 2. The highest BCUT2D eigenvalue weighted by Gasteiger charge is 2.33. The van der Waals surface area contributed by atoms with Crippen molar-refractivity contribution in [3.05, 3.63) is 63.7 Å². The van der Waals surface area contributed by atoms with E-state index in [0.29, 0.717) is 17.5 Å². The quantitative estimate of drug-likeness (QED) is 0.534. The van der Waals surface area contributed by atoms with Crippen molar-refractivity contribution < 1.29 is 9.59 Å². The molecule has 0 spiro atoms. The number of thiazole rings is 1. The minimum atomic E-state index is -0.0655. The summed E-state index contributed by atoms with van der Waals surface area (Å²) in [6.07, 6.45) is 10.7. The zero-order valence-electron chi connectivity index (χ0n) is 20.1. The lowest BCUT2D eigenvalue weighted by atomic mass is 9.85. The van der Waals surface area contributed by atoms with E-state index in [0.717, 1.165) is 62.3 Å². The number of nitrogens with zero attached hydrogens (tertiary/aromatic N) is 3. The lowest BCUT2D eigenvalue weighted by Gasteiger charge is -2.37. The Hall–Kier alpha value is -2.47. The summed E-state index contributed by atoms with van der Waals surface area (Å²) in [5.41, 5.74) is 2.95. The standard InChI is InChI=1S/C28H35N3O2S/c1-2-23(20-9-4-3-5-10-20)27(32)30-17-14-22(15-18-30)26-29-24(19-34-26)28(33)31-16-8-12-21-11-6-7-13-25(21)31/h3-5,9-10,13,19,21-23H,2,6-8,11-12,14-18H2,1H3. The fraction of sp³-hybridized carbons (Fsp3) is 0.536. The molecule has 3 heterocycles. The minimum absolute atomic E-state index is 0.0655. The van der Waals surface area contributed by atoms with Crippen molar-refractivity contribution in [2.24, 2.45) is 5.92 Å². The van der Waals surface area contributed by atoms with E-state index in [2.05, 4.69) is 25.1 Å². The maximum atomic E-state index is 13.3.